The van der Waals surface area contributed by atoms with E-state index >= 15 is 0 Å². The minimum absolute atomic E-state index is 0.0275. The van der Waals surface area contributed by atoms with Crippen LogP contribution in [0.2, 0.25) is 0 Å². The Morgan fingerprint density at radius 1 is 0.950 bits per heavy atom. The fourth-order valence-electron chi connectivity index (χ4n) is 12.6. The van der Waals surface area contributed by atoms with Crippen LogP contribution in [0.3, 0.4) is 0 Å². The van der Waals surface area contributed by atoms with Crippen molar-refractivity contribution in [2.75, 3.05) is 7.11 Å². The molecule has 4 fully saturated rings. The van der Waals surface area contributed by atoms with E-state index in [4.69, 9.17) is 4.74 Å². The first-order chi connectivity index (χ1) is 18.5. The van der Waals surface area contributed by atoms with Crippen molar-refractivity contribution in [1.82, 2.24) is 0 Å². The molecule has 0 amide bonds. The van der Waals surface area contributed by atoms with Gasteiger partial charge in [0, 0.05) is 0 Å². The number of carbonyl (C=O) groups is 1. The number of hydrogen-bond acceptors (Lipinski definition) is 2. The van der Waals surface area contributed by atoms with E-state index < -0.39 is 0 Å². The van der Waals surface area contributed by atoms with E-state index in [9.17, 15) is 4.79 Å². The summed E-state index contributed by atoms with van der Waals surface area (Å²) in [7, 11) is 1.51. The zero-order valence-corrected chi connectivity index (χ0v) is 28.0. The number of fused-ring (bicyclic) bond motifs is 7. The topological polar surface area (TPSA) is 26.3 Å². The summed E-state index contributed by atoms with van der Waals surface area (Å²) in [5.41, 5.74) is 5.08. The third kappa shape index (κ3) is 4.34. The largest absolute Gasteiger partial charge is 0.469 e. The van der Waals surface area contributed by atoms with Crippen molar-refractivity contribution < 1.29 is 9.53 Å². The van der Waals surface area contributed by atoms with Crippen molar-refractivity contribution in [3.63, 3.8) is 0 Å². The zero-order chi connectivity index (χ0) is 29.5. The van der Waals surface area contributed by atoms with E-state index in [1.54, 1.807) is 5.57 Å². The molecule has 5 rings (SSSR count). The minimum Gasteiger partial charge on any atom is -0.469 e. The minimum atomic E-state index is -0.0830. The normalized spacial score (nSPS) is 45.9. The van der Waals surface area contributed by atoms with Crippen molar-refractivity contribution in [1.29, 1.82) is 0 Å². The second-order valence-electron chi connectivity index (χ2n) is 17.9. The summed E-state index contributed by atoms with van der Waals surface area (Å²) >= 11 is 0. The standard InChI is InChI=1S/C38H62O2/c1-25(2)27-16-19-35(7)22-23-37(9)28(32(27)35)12-13-30-36(8)20-15-26(14-18-33(3,4)24-31(39)40-11)34(5,6)29(36)17-21-38(30,37)10/h15,27-30,32H,1,12-14,16-24H2,2-11H3/t27-,28+,29-,30+,32+,35+,36-,37+,38+/m0/s1. The van der Waals surface area contributed by atoms with Crippen LogP contribution in [-0.4, -0.2) is 13.1 Å². The molecule has 0 aromatic heterocycles. The van der Waals surface area contributed by atoms with Gasteiger partial charge in [-0.3, -0.25) is 4.79 Å². The number of hydrogen-bond donors (Lipinski definition) is 0. The lowest BCUT2D eigenvalue weighted by Crippen LogP contribution is -2.65. The Morgan fingerprint density at radius 3 is 2.30 bits per heavy atom. The van der Waals surface area contributed by atoms with E-state index in [2.05, 4.69) is 75.0 Å². The van der Waals surface area contributed by atoms with Crippen LogP contribution in [0, 0.1) is 62.1 Å². The second-order valence-corrected chi connectivity index (χ2v) is 17.9. The Morgan fingerprint density at radius 2 is 1.65 bits per heavy atom. The summed E-state index contributed by atoms with van der Waals surface area (Å²) in [6.45, 7) is 27.3. The highest BCUT2D eigenvalue weighted by Gasteiger charge is 2.69. The highest BCUT2D eigenvalue weighted by Crippen LogP contribution is 2.77. The number of esters is 1. The smallest absolute Gasteiger partial charge is 0.306 e. The van der Waals surface area contributed by atoms with Gasteiger partial charge in [0.2, 0.25) is 0 Å². The maximum Gasteiger partial charge on any atom is 0.306 e. The number of allylic oxidation sites excluding steroid dienone is 3. The Kier molecular flexibility index (Phi) is 7.40. The molecule has 226 valence electrons. The van der Waals surface area contributed by atoms with Crippen LogP contribution < -0.4 is 0 Å². The Labute approximate surface area is 247 Å². The lowest BCUT2D eigenvalue weighted by Gasteiger charge is -2.72. The van der Waals surface area contributed by atoms with E-state index in [0.717, 1.165) is 42.4 Å². The number of ether oxygens (including phenoxy) is 1. The van der Waals surface area contributed by atoms with Crippen molar-refractivity contribution in [2.24, 2.45) is 62.1 Å². The highest BCUT2D eigenvalue weighted by molar-refractivity contribution is 5.69. The molecule has 0 saturated heterocycles. The molecule has 0 radical (unpaired) electrons. The Balaban J connectivity index is 1.42. The van der Waals surface area contributed by atoms with Gasteiger partial charge in [-0.05, 0) is 140 Å². The first-order valence-corrected chi connectivity index (χ1v) is 16.9. The van der Waals surface area contributed by atoms with E-state index in [1.807, 2.05) is 0 Å². The summed E-state index contributed by atoms with van der Waals surface area (Å²) < 4.78 is 5.00. The van der Waals surface area contributed by atoms with E-state index in [-0.39, 0.29) is 16.8 Å². The van der Waals surface area contributed by atoms with Crippen LogP contribution in [0.4, 0.5) is 0 Å². The average Bonchev–Trinajstić information content (AvgIpc) is 3.21. The first-order valence-electron chi connectivity index (χ1n) is 16.9. The molecule has 9 atom stereocenters. The second kappa shape index (κ2) is 9.74. The molecule has 0 bridgehead atoms. The fourth-order valence-corrected chi connectivity index (χ4v) is 12.6. The van der Waals surface area contributed by atoms with Gasteiger partial charge >= 0.3 is 5.97 Å². The van der Waals surface area contributed by atoms with Gasteiger partial charge in [0.1, 0.15) is 0 Å². The molecule has 5 aliphatic rings. The summed E-state index contributed by atoms with van der Waals surface area (Å²) in [6.07, 6.45) is 17.8. The maximum absolute atomic E-state index is 12.0. The summed E-state index contributed by atoms with van der Waals surface area (Å²) in [6, 6.07) is 0. The molecule has 0 heterocycles. The van der Waals surface area contributed by atoms with Crippen molar-refractivity contribution >= 4 is 5.97 Å². The SMILES string of the molecule is C=C(C)[C@@H]1CC[C@]2(C)CC[C@]3(C)[C@H](CC[C@@H]4[C@@]5(C)CC=C(CCC(C)(C)CC(=O)OC)C(C)(C)[C@@H]5CC[C@]43C)[C@@H]12. The lowest BCUT2D eigenvalue weighted by atomic mass is 9.32. The predicted octanol–water partition coefficient (Wildman–Crippen LogP) is 10.6. The van der Waals surface area contributed by atoms with E-state index in [1.165, 1.54) is 70.5 Å². The van der Waals surface area contributed by atoms with E-state index in [0.29, 0.717) is 28.1 Å². The molecule has 0 aromatic rings. The summed E-state index contributed by atoms with van der Waals surface area (Å²) in [4.78, 5) is 12.0. The van der Waals surface area contributed by atoms with Crippen LogP contribution in [-0.2, 0) is 9.53 Å². The molecule has 2 nitrogen and oxygen atoms in total. The van der Waals surface area contributed by atoms with Gasteiger partial charge in [-0.15, -0.1) is 0 Å². The fraction of sp³-hybridized carbons (Fsp3) is 0.868. The molecular formula is C38H62O2. The number of rotatable bonds is 6. The van der Waals surface area contributed by atoms with Crippen LogP contribution in [0.15, 0.2) is 23.8 Å². The average molecular weight is 551 g/mol. The maximum atomic E-state index is 12.0. The Bertz CT molecular complexity index is 1060. The van der Waals surface area contributed by atoms with Gasteiger partial charge in [-0.2, -0.15) is 0 Å². The third-order valence-electron chi connectivity index (χ3n) is 15.2. The van der Waals surface area contributed by atoms with Crippen LogP contribution in [0.1, 0.15) is 139 Å². The molecule has 0 spiro atoms. The first kappa shape index (κ1) is 30.4. The third-order valence-corrected chi connectivity index (χ3v) is 15.2. The molecule has 5 aliphatic carbocycles. The molecule has 2 heteroatoms. The van der Waals surface area contributed by atoms with Crippen molar-refractivity contribution in [3.05, 3.63) is 23.8 Å². The van der Waals surface area contributed by atoms with Gasteiger partial charge in [0.05, 0.1) is 13.5 Å². The molecule has 0 aromatic carbocycles. The molecule has 0 unspecified atom stereocenters. The van der Waals surface area contributed by atoms with Gasteiger partial charge in [0.25, 0.3) is 0 Å². The zero-order valence-electron chi connectivity index (χ0n) is 28.0. The summed E-state index contributed by atoms with van der Waals surface area (Å²) in [5, 5.41) is 0. The summed E-state index contributed by atoms with van der Waals surface area (Å²) in [5.74, 6) is 3.91. The molecular weight excluding hydrogens is 488 g/mol. The monoisotopic (exact) mass is 550 g/mol. The number of methoxy groups -OCH3 is 1. The van der Waals surface area contributed by atoms with Crippen LogP contribution >= 0.6 is 0 Å². The van der Waals surface area contributed by atoms with Crippen molar-refractivity contribution in [3.8, 4) is 0 Å². The molecule has 4 saturated carbocycles. The van der Waals surface area contributed by atoms with Crippen LogP contribution in [0.5, 0.6) is 0 Å². The Hall–Kier alpha value is -1.05. The van der Waals surface area contributed by atoms with Gasteiger partial charge in [-0.25, -0.2) is 0 Å². The van der Waals surface area contributed by atoms with Crippen molar-refractivity contribution in [2.45, 2.75) is 139 Å². The predicted molar refractivity (Wildman–Crippen MR) is 168 cm³/mol. The molecule has 0 aliphatic heterocycles. The van der Waals surface area contributed by atoms with Gasteiger partial charge in [-0.1, -0.05) is 79.2 Å². The van der Waals surface area contributed by atoms with Gasteiger partial charge in [0.15, 0.2) is 0 Å². The number of carbonyl (C=O) groups excluding carboxylic acids is 1. The molecule has 0 N–H and O–H groups in total. The molecule has 40 heavy (non-hydrogen) atoms. The lowest BCUT2D eigenvalue weighted by molar-refractivity contribution is -0.225. The highest BCUT2D eigenvalue weighted by atomic mass is 16.5. The van der Waals surface area contributed by atoms with Gasteiger partial charge < -0.3 is 4.74 Å². The van der Waals surface area contributed by atoms with Crippen LogP contribution in [0.25, 0.3) is 0 Å². The quantitative estimate of drug-likeness (QED) is 0.243.